The summed E-state index contributed by atoms with van der Waals surface area (Å²) in [6.07, 6.45) is 0. The summed E-state index contributed by atoms with van der Waals surface area (Å²) in [7, 11) is 0. The Hall–Kier alpha value is -2.24. The average molecular weight is 207 g/mol. The highest BCUT2D eigenvalue weighted by atomic mass is 16.3. The lowest BCUT2D eigenvalue weighted by atomic mass is 10.1. The van der Waals surface area contributed by atoms with Crippen LogP contribution in [-0.2, 0) is 0 Å². The molecule has 80 valence electrons. The van der Waals surface area contributed by atoms with Crippen LogP contribution in [0.2, 0.25) is 0 Å². The van der Waals surface area contributed by atoms with Gasteiger partial charge in [-0.1, -0.05) is 0 Å². The van der Waals surface area contributed by atoms with E-state index in [1.807, 2.05) is 0 Å². The Morgan fingerprint density at radius 2 is 1.40 bits per heavy atom. The molecule has 1 heterocycles. The maximum Gasteiger partial charge on any atom is 0.214 e. The lowest BCUT2D eigenvalue weighted by molar-refractivity contribution is 0.640. The van der Waals surface area contributed by atoms with E-state index in [0.29, 0.717) is 28.0 Å². The van der Waals surface area contributed by atoms with Crippen molar-refractivity contribution in [3.63, 3.8) is 0 Å². The van der Waals surface area contributed by atoms with E-state index in [-0.39, 0.29) is 11.6 Å². The van der Waals surface area contributed by atoms with Gasteiger partial charge in [-0.05, 0) is 12.5 Å². The number of rotatable bonds is 0. The number of furan rings is 1. The molecule has 0 aliphatic carbocycles. The zero-order valence-electron chi connectivity index (χ0n) is 8.29. The van der Waals surface area contributed by atoms with Crippen molar-refractivity contribution >= 4 is 39.6 Å². The minimum atomic E-state index is 0.129. The first kappa shape index (κ1) is 9.32. The molecule has 2 aromatic rings. The van der Waals surface area contributed by atoms with Crippen molar-refractivity contribution in [1.29, 1.82) is 0 Å². The second kappa shape index (κ2) is 2.63. The minimum absolute atomic E-state index is 0.129. The third kappa shape index (κ3) is 0.983. The molecule has 0 aliphatic heterocycles. The number of benzene rings is 1. The van der Waals surface area contributed by atoms with Gasteiger partial charge in [-0.3, -0.25) is 0 Å². The first-order valence-electron chi connectivity index (χ1n) is 4.35. The van der Waals surface area contributed by atoms with E-state index >= 15 is 0 Å². The summed E-state index contributed by atoms with van der Waals surface area (Å²) in [6, 6.07) is 0. The first-order chi connectivity index (χ1) is 6.95. The molecule has 10 N–H and O–H groups in total. The Bertz CT molecular complexity index is 558. The first-order valence-corrected chi connectivity index (χ1v) is 4.35. The Balaban J connectivity index is 3.07. The molecule has 15 heavy (non-hydrogen) atoms. The van der Waals surface area contributed by atoms with Crippen LogP contribution in [0.25, 0.3) is 11.0 Å². The Morgan fingerprint density at radius 3 is 2.00 bits per heavy atom. The van der Waals surface area contributed by atoms with Gasteiger partial charge in [0, 0.05) is 0 Å². The van der Waals surface area contributed by atoms with Crippen molar-refractivity contribution in [2.24, 2.45) is 0 Å². The summed E-state index contributed by atoms with van der Waals surface area (Å²) >= 11 is 0. The van der Waals surface area contributed by atoms with E-state index in [1.54, 1.807) is 6.92 Å². The molecule has 0 aliphatic rings. The molecule has 0 fully saturated rings. The minimum Gasteiger partial charge on any atom is -0.436 e. The van der Waals surface area contributed by atoms with Gasteiger partial charge < -0.3 is 33.1 Å². The van der Waals surface area contributed by atoms with Crippen molar-refractivity contribution in [2.45, 2.75) is 6.92 Å². The number of hydrogen-bond acceptors (Lipinski definition) is 6. The zero-order chi connectivity index (χ0) is 11.3. The van der Waals surface area contributed by atoms with Crippen LogP contribution < -0.4 is 28.7 Å². The van der Waals surface area contributed by atoms with Gasteiger partial charge >= 0.3 is 0 Å². The number of aryl methyl sites for hydroxylation is 1. The van der Waals surface area contributed by atoms with Gasteiger partial charge in [-0.2, -0.15) is 0 Å². The van der Waals surface area contributed by atoms with E-state index in [0.717, 1.165) is 5.56 Å². The van der Waals surface area contributed by atoms with Crippen LogP contribution in [0.4, 0.5) is 28.6 Å². The van der Waals surface area contributed by atoms with Crippen LogP contribution in [0.3, 0.4) is 0 Å². The third-order valence-electron chi connectivity index (χ3n) is 2.58. The Labute approximate surface area is 86.0 Å². The number of fused-ring (bicyclic) bond motifs is 1. The highest BCUT2D eigenvalue weighted by Crippen LogP contribution is 2.42. The quantitative estimate of drug-likeness (QED) is 0.401. The van der Waals surface area contributed by atoms with Crippen molar-refractivity contribution in [3.05, 3.63) is 5.56 Å². The second-order valence-corrected chi connectivity index (χ2v) is 3.45. The maximum atomic E-state index is 5.78. The van der Waals surface area contributed by atoms with Crippen molar-refractivity contribution in [2.75, 3.05) is 28.7 Å². The van der Waals surface area contributed by atoms with Crippen LogP contribution in [0.15, 0.2) is 4.42 Å². The highest BCUT2D eigenvalue weighted by molar-refractivity contribution is 6.10. The summed E-state index contributed by atoms with van der Waals surface area (Å²) in [5, 5.41) is 0.636. The van der Waals surface area contributed by atoms with Crippen LogP contribution in [0.1, 0.15) is 5.56 Å². The molecule has 0 unspecified atom stereocenters. The van der Waals surface area contributed by atoms with E-state index in [2.05, 4.69) is 0 Å². The predicted molar refractivity (Wildman–Crippen MR) is 63.0 cm³/mol. The fourth-order valence-corrected chi connectivity index (χ4v) is 1.63. The zero-order valence-corrected chi connectivity index (χ0v) is 8.29. The molecule has 6 nitrogen and oxygen atoms in total. The third-order valence-corrected chi connectivity index (χ3v) is 2.58. The monoisotopic (exact) mass is 207 g/mol. The summed E-state index contributed by atoms with van der Waals surface area (Å²) in [5.74, 6) is 0.129. The molecule has 1 aromatic carbocycles. The van der Waals surface area contributed by atoms with Crippen molar-refractivity contribution < 1.29 is 4.42 Å². The largest absolute Gasteiger partial charge is 0.436 e. The molecule has 2 rings (SSSR count). The van der Waals surface area contributed by atoms with Crippen molar-refractivity contribution in [3.8, 4) is 0 Å². The smallest absolute Gasteiger partial charge is 0.214 e. The van der Waals surface area contributed by atoms with Crippen molar-refractivity contribution in [1.82, 2.24) is 0 Å². The molecule has 0 radical (unpaired) electrons. The number of nitrogens with two attached hydrogens (primary N) is 5. The second-order valence-electron chi connectivity index (χ2n) is 3.45. The molecule has 0 saturated carbocycles. The average Bonchev–Trinajstić information content (AvgIpc) is 2.50. The van der Waals surface area contributed by atoms with Crippen LogP contribution in [-0.4, -0.2) is 0 Å². The molecule has 0 bridgehead atoms. The number of anilines is 5. The van der Waals surface area contributed by atoms with Gasteiger partial charge in [-0.15, -0.1) is 0 Å². The van der Waals surface area contributed by atoms with Gasteiger partial charge in [0.25, 0.3) is 0 Å². The molecule has 0 amide bonds. The molecule has 0 atom stereocenters. The van der Waals surface area contributed by atoms with Gasteiger partial charge in [0.15, 0.2) is 5.58 Å². The summed E-state index contributed by atoms with van der Waals surface area (Å²) < 4.78 is 5.24. The molecular formula is C9H13N5O. The van der Waals surface area contributed by atoms with Gasteiger partial charge in [0.2, 0.25) is 5.88 Å². The normalized spacial score (nSPS) is 11.0. The Kier molecular flexibility index (Phi) is 1.63. The van der Waals surface area contributed by atoms with E-state index in [4.69, 9.17) is 33.1 Å². The van der Waals surface area contributed by atoms with Gasteiger partial charge in [0.05, 0.1) is 16.8 Å². The lowest BCUT2D eigenvalue weighted by Crippen LogP contribution is -2.03. The molecule has 6 heteroatoms. The summed E-state index contributed by atoms with van der Waals surface area (Å²) in [6.45, 7) is 1.79. The standard InChI is InChI=1S/C9H13N5O/c1-2-3-5(11)9(14)15-8(3)7(13)6(12)4(2)10/h10-14H2,1H3. The number of hydrogen-bond donors (Lipinski definition) is 5. The van der Waals surface area contributed by atoms with Crippen LogP contribution in [0.5, 0.6) is 0 Å². The predicted octanol–water partition coefficient (Wildman–Crippen LogP) is 0.652. The van der Waals surface area contributed by atoms with Gasteiger partial charge in [-0.25, -0.2) is 0 Å². The molecule has 0 spiro atoms. The molecular weight excluding hydrogens is 194 g/mol. The van der Waals surface area contributed by atoms with E-state index < -0.39 is 0 Å². The maximum absolute atomic E-state index is 5.78. The molecule has 0 saturated heterocycles. The fourth-order valence-electron chi connectivity index (χ4n) is 1.63. The van der Waals surface area contributed by atoms with Crippen LogP contribution >= 0.6 is 0 Å². The Morgan fingerprint density at radius 1 is 0.800 bits per heavy atom. The number of nitrogen functional groups attached to an aromatic ring is 5. The van der Waals surface area contributed by atoms with Gasteiger partial charge in [0.1, 0.15) is 11.4 Å². The SMILES string of the molecule is Cc1c(N)c(N)c(N)c2oc(N)c(N)c12. The lowest BCUT2D eigenvalue weighted by Gasteiger charge is -2.08. The van der Waals surface area contributed by atoms with E-state index in [9.17, 15) is 0 Å². The fraction of sp³-hybridized carbons (Fsp3) is 0.111. The topological polar surface area (TPSA) is 143 Å². The molecule has 1 aromatic heterocycles. The van der Waals surface area contributed by atoms with Crippen LogP contribution in [0, 0.1) is 6.92 Å². The van der Waals surface area contributed by atoms with E-state index in [1.165, 1.54) is 0 Å². The highest BCUT2D eigenvalue weighted by Gasteiger charge is 2.18. The summed E-state index contributed by atoms with van der Waals surface area (Å²) in [4.78, 5) is 0. The summed E-state index contributed by atoms with van der Waals surface area (Å²) in [5.41, 5.74) is 31.0.